The van der Waals surface area contributed by atoms with E-state index in [0.29, 0.717) is 12.8 Å². The largest absolute Gasteiger partial charge is 0.390 e. The van der Waals surface area contributed by atoms with Crippen molar-refractivity contribution in [2.24, 2.45) is 0 Å². The van der Waals surface area contributed by atoms with Crippen LogP contribution in [0.5, 0.6) is 0 Å². The van der Waals surface area contributed by atoms with Gasteiger partial charge in [-0.05, 0) is 99.8 Å². The summed E-state index contributed by atoms with van der Waals surface area (Å²) in [4.78, 5) is 0. The highest BCUT2D eigenvalue weighted by molar-refractivity contribution is 5.05. The Kier molecular flexibility index (Phi) is 12.9. The maximum atomic E-state index is 9.89. The summed E-state index contributed by atoms with van der Waals surface area (Å²) in [5.41, 5.74) is 1.82. The van der Waals surface area contributed by atoms with Crippen LogP contribution in [0.4, 0.5) is 0 Å². The van der Waals surface area contributed by atoms with Crippen molar-refractivity contribution in [2.75, 3.05) is 0 Å². The maximum absolute atomic E-state index is 9.89. The predicted octanol–water partition coefficient (Wildman–Crippen LogP) is 5.21. The van der Waals surface area contributed by atoms with Gasteiger partial charge in [0.1, 0.15) is 0 Å². The fourth-order valence-corrected chi connectivity index (χ4v) is 2.95. The summed E-state index contributed by atoms with van der Waals surface area (Å²) in [6.07, 6.45) is 12.2. The van der Waals surface area contributed by atoms with Gasteiger partial charge in [0.05, 0.1) is 23.4 Å². The van der Waals surface area contributed by atoms with E-state index in [4.69, 9.17) is 0 Å². The zero-order valence-electron chi connectivity index (χ0n) is 19.8. The van der Waals surface area contributed by atoms with E-state index in [1.807, 2.05) is 0 Å². The Morgan fingerprint density at radius 2 is 0.931 bits per heavy atom. The molecule has 2 atom stereocenters. The number of aliphatic hydroxyl groups excluding tert-OH is 2. The van der Waals surface area contributed by atoms with Gasteiger partial charge in [0.15, 0.2) is 0 Å². The number of aliphatic hydroxyl groups is 4. The lowest BCUT2D eigenvalue weighted by atomic mass is 9.95. The Bertz CT molecular complexity index is 544. The van der Waals surface area contributed by atoms with Crippen molar-refractivity contribution < 1.29 is 20.4 Å². The lowest BCUT2D eigenvalue weighted by molar-refractivity contribution is -0.0510. The van der Waals surface area contributed by atoms with E-state index >= 15 is 0 Å². The van der Waals surface area contributed by atoms with Gasteiger partial charge in [0.25, 0.3) is 0 Å². The molecular weight excluding hydrogens is 364 g/mol. The van der Waals surface area contributed by atoms with Crippen molar-refractivity contribution in [3.8, 4) is 0 Å². The summed E-state index contributed by atoms with van der Waals surface area (Å²) >= 11 is 0. The van der Waals surface area contributed by atoms with Crippen LogP contribution >= 0.6 is 0 Å². The fraction of sp³-hybridized carbons (Fsp3) is 0.760. The van der Waals surface area contributed by atoms with Crippen LogP contribution in [-0.2, 0) is 0 Å². The Morgan fingerprint density at radius 1 is 0.621 bits per heavy atom. The third kappa shape index (κ3) is 14.6. The Morgan fingerprint density at radius 3 is 1.28 bits per heavy atom. The molecule has 0 spiro atoms. The minimum absolute atomic E-state index is 0.583. The van der Waals surface area contributed by atoms with Crippen LogP contribution in [0.3, 0.4) is 0 Å². The van der Waals surface area contributed by atoms with Crippen LogP contribution in [0.1, 0.15) is 99.8 Å². The lowest BCUT2D eigenvalue weighted by Gasteiger charge is -2.24. The Balaban J connectivity index is 4.13. The van der Waals surface area contributed by atoms with E-state index in [-0.39, 0.29) is 0 Å². The molecule has 4 heteroatoms. The summed E-state index contributed by atoms with van der Waals surface area (Å²) in [5, 5.41) is 39.3. The minimum Gasteiger partial charge on any atom is -0.390 e. The third-order valence-corrected chi connectivity index (χ3v) is 5.44. The van der Waals surface area contributed by atoms with Crippen molar-refractivity contribution in [1.29, 1.82) is 0 Å². The molecule has 0 aromatic carbocycles. The molecular formula is C25H46O4. The van der Waals surface area contributed by atoms with Crippen LogP contribution in [-0.4, -0.2) is 43.8 Å². The molecule has 0 heterocycles. The van der Waals surface area contributed by atoms with E-state index in [1.165, 1.54) is 16.7 Å². The molecule has 0 unspecified atom stereocenters. The van der Waals surface area contributed by atoms with Crippen molar-refractivity contribution in [3.05, 3.63) is 34.9 Å². The van der Waals surface area contributed by atoms with Crippen LogP contribution in [0.2, 0.25) is 0 Å². The molecule has 0 bridgehead atoms. The van der Waals surface area contributed by atoms with E-state index in [0.717, 1.165) is 38.5 Å². The molecule has 0 aliphatic heterocycles. The minimum atomic E-state index is -1.04. The first-order valence-electron chi connectivity index (χ1n) is 11.0. The van der Waals surface area contributed by atoms with Crippen LogP contribution in [0.25, 0.3) is 0 Å². The quantitative estimate of drug-likeness (QED) is 0.234. The SMILES string of the molecule is C/C(=C\CC/C=C(\C)CC[C@H](O)C(C)(C)O)CC/C=C(\C)CC[C@@H](O)C(C)(C)O. The summed E-state index contributed by atoms with van der Waals surface area (Å²) in [6, 6.07) is 0. The normalized spacial score (nSPS) is 16.9. The molecule has 4 nitrogen and oxygen atoms in total. The molecule has 0 radical (unpaired) electrons. The summed E-state index contributed by atoms with van der Waals surface area (Å²) < 4.78 is 0. The first kappa shape index (κ1) is 28.1. The van der Waals surface area contributed by atoms with Gasteiger partial charge in [-0.25, -0.2) is 0 Å². The van der Waals surface area contributed by atoms with Gasteiger partial charge in [-0.15, -0.1) is 0 Å². The second-order valence-electron chi connectivity index (χ2n) is 9.68. The molecule has 0 amide bonds. The van der Waals surface area contributed by atoms with Crippen molar-refractivity contribution in [1.82, 2.24) is 0 Å². The van der Waals surface area contributed by atoms with Gasteiger partial charge in [0.2, 0.25) is 0 Å². The number of rotatable bonds is 14. The van der Waals surface area contributed by atoms with Crippen molar-refractivity contribution >= 4 is 0 Å². The molecule has 0 aliphatic carbocycles. The molecule has 0 aromatic heterocycles. The van der Waals surface area contributed by atoms with Gasteiger partial charge >= 0.3 is 0 Å². The fourth-order valence-electron chi connectivity index (χ4n) is 2.95. The van der Waals surface area contributed by atoms with Gasteiger partial charge in [0, 0.05) is 0 Å². The zero-order chi connectivity index (χ0) is 22.7. The smallest absolute Gasteiger partial charge is 0.0849 e. The predicted molar refractivity (Wildman–Crippen MR) is 123 cm³/mol. The summed E-state index contributed by atoms with van der Waals surface area (Å²) in [7, 11) is 0. The van der Waals surface area contributed by atoms with Crippen LogP contribution in [0, 0.1) is 0 Å². The van der Waals surface area contributed by atoms with Crippen LogP contribution in [0.15, 0.2) is 34.9 Å². The monoisotopic (exact) mass is 410 g/mol. The second kappa shape index (κ2) is 13.4. The summed E-state index contributed by atoms with van der Waals surface area (Å²) in [5.74, 6) is 0. The zero-order valence-corrected chi connectivity index (χ0v) is 19.8. The summed E-state index contributed by atoms with van der Waals surface area (Å²) in [6.45, 7) is 12.9. The first-order chi connectivity index (χ1) is 13.2. The first-order valence-corrected chi connectivity index (χ1v) is 11.0. The molecule has 170 valence electrons. The standard InChI is InChI=1S/C25H46O4/c1-19(13-10-14-21(3)16-18-23(27)25(6,7)29)11-8-9-12-20(2)15-17-22(26)24(4,5)28/h11-12,14,22-23,26-29H,8-10,13,15-18H2,1-7H3/b19-11+,20-12+,21-14+/t22-,23+/m0/s1. The van der Waals surface area contributed by atoms with E-state index < -0.39 is 23.4 Å². The second-order valence-corrected chi connectivity index (χ2v) is 9.68. The molecule has 4 N–H and O–H groups in total. The Hall–Kier alpha value is -0.940. The molecule has 0 aliphatic rings. The molecule has 0 rings (SSSR count). The van der Waals surface area contributed by atoms with Gasteiger partial charge in [-0.1, -0.05) is 34.9 Å². The molecule has 0 aromatic rings. The van der Waals surface area contributed by atoms with Crippen molar-refractivity contribution in [2.45, 2.75) is 123 Å². The topological polar surface area (TPSA) is 80.9 Å². The maximum Gasteiger partial charge on any atom is 0.0849 e. The lowest BCUT2D eigenvalue weighted by Crippen LogP contribution is -2.35. The van der Waals surface area contributed by atoms with E-state index in [2.05, 4.69) is 39.0 Å². The van der Waals surface area contributed by atoms with Crippen LogP contribution < -0.4 is 0 Å². The molecule has 0 saturated heterocycles. The number of hydrogen-bond acceptors (Lipinski definition) is 4. The average Bonchev–Trinajstić information content (AvgIpc) is 2.59. The highest BCUT2D eigenvalue weighted by Crippen LogP contribution is 2.19. The third-order valence-electron chi connectivity index (χ3n) is 5.44. The Labute approximate surface area is 179 Å². The van der Waals surface area contributed by atoms with E-state index in [1.54, 1.807) is 27.7 Å². The number of hydrogen-bond donors (Lipinski definition) is 4. The highest BCUT2D eigenvalue weighted by Gasteiger charge is 2.24. The number of allylic oxidation sites excluding steroid dienone is 6. The van der Waals surface area contributed by atoms with Gasteiger partial charge < -0.3 is 20.4 Å². The number of unbranched alkanes of at least 4 members (excludes halogenated alkanes) is 1. The molecule has 29 heavy (non-hydrogen) atoms. The molecule has 0 saturated carbocycles. The van der Waals surface area contributed by atoms with E-state index in [9.17, 15) is 20.4 Å². The molecule has 0 fully saturated rings. The average molecular weight is 411 g/mol. The van der Waals surface area contributed by atoms with Gasteiger partial charge in [-0.2, -0.15) is 0 Å². The van der Waals surface area contributed by atoms with Crippen molar-refractivity contribution in [3.63, 3.8) is 0 Å². The highest BCUT2D eigenvalue weighted by atomic mass is 16.3. The van der Waals surface area contributed by atoms with Gasteiger partial charge in [-0.3, -0.25) is 0 Å².